The molecule has 1 fully saturated rings. The Morgan fingerprint density at radius 2 is 1.70 bits per heavy atom. The smallest absolute Gasteiger partial charge is 0.374 e. The summed E-state index contributed by atoms with van der Waals surface area (Å²) >= 11 is 0. The molecule has 1 aliphatic heterocycles. The van der Waals surface area contributed by atoms with Crippen LogP contribution in [0.1, 0.15) is 21.7 Å². The highest BCUT2D eigenvalue weighted by molar-refractivity contribution is 5.87. The van der Waals surface area contributed by atoms with Crippen LogP contribution in [0, 0.1) is 0 Å². The zero-order valence-electron chi connectivity index (χ0n) is 13.4. The molecular weight excluding hydrogens is 292 g/mol. The van der Waals surface area contributed by atoms with E-state index >= 15 is 0 Å². The van der Waals surface area contributed by atoms with Gasteiger partial charge in [0.25, 0.3) is 0 Å². The van der Waals surface area contributed by atoms with Gasteiger partial charge < -0.3 is 9.15 Å². The van der Waals surface area contributed by atoms with Crippen LogP contribution in [0.25, 0.3) is 0 Å². The molecule has 3 rings (SSSR count). The van der Waals surface area contributed by atoms with E-state index in [1.807, 2.05) is 12.1 Å². The second kappa shape index (κ2) is 7.44. The molecule has 0 unspecified atom stereocenters. The minimum absolute atomic E-state index is 0.319. The molecule has 0 saturated carbocycles. The third kappa shape index (κ3) is 4.00. The Kier molecular flexibility index (Phi) is 5.10. The largest absolute Gasteiger partial charge is 0.463 e. The number of rotatable bonds is 5. The van der Waals surface area contributed by atoms with Crippen molar-refractivity contribution in [3.05, 3.63) is 59.5 Å². The maximum absolute atomic E-state index is 11.6. The fourth-order valence-electron chi connectivity index (χ4n) is 2.92. The fourth-order valence-corrected chi connectivity index (χ4v) is 2.92. The first kappa shape index (κ1) is 15.8. The molecule has 1 saturated heterocycles. The highest BCUT2D eigenvalue weighted by atomic mass is 16.5. The van der Waals surface area contributed by atoms with Crippen molar-refractivity contribution < 1.29 is 13.9 Å². The summed E-state index contributed by atoms with van der Waals surface area (Å²) in [6.07, 6.45) is 1.55. The summed E-state index contributed by atoms with van der Waals surface area (Å²) in [6, 6.07) is 12.4. The Balaban J connectivity index is 1.52. The average Bonchev–Trinajstić information content (AvgIpc) is 3.05. The molecule has 1 aromatic carbocycles. The van der Waals surface area contributed by atoms with E-state index in [0.717, 1.165) is 44.8 Å². The first-order chi connectivity index (χ1) is 11.3. The van der Waals surface area contributed by atoms with Crippen molar-refractivity contribution in [2.75, 3.05) is 33.3 Å². The van der Waals surface area contributed by atoms with Gasteiger partial charge in [-0.3, -0.25) is 9.80 Å². The Morgan fingerprint density at radius 1 is 1.04 bits per heavy atom. The van der Waals surface area contributed by atoms with Crippen LogP contribution >= 0.6 is 0 Å². The maximum atomic E-state index is 11.6. The molecule has 0 atom stereocenters. The number of furan rings is 1. The standard InChI is InChI=1S/C18H22N2O3/c1-22-18(21)17-16(7-12-23-17)14-20-10-8-19(9-11-20)13-15-5-3-2-4-6-15/h2-7,12H,8-11,13-14H2,1H3. The number of carbonyl (C=O) groups is 1. The second-order valence-corrected chi connectivity index (χ2v) is 5.80. The van der Waals surface area contributed by atoms with E-state index in [9.17, 15) is 4.79 Å². The summed E-state index contributed by atoms with van der Waals surface area (Å²) in [5.41, 5.74) is 2.25. The first-order valence-electron chi connectivity index (χ1n) is 7.89. The molecule has 0 bridgehead atoms. The summed E-state index contributed by atoms with van der Waals surface area (Å²) in [6.45, 7) is 5.74. The molecule has 0 radical (unpaired) electrons. The van der Waals surface area contributed by atoms with Crippen molar-refractivity contribution >= 4 is 5.97 Å². The molecule has 122 valence electrons. The molecule has 1 aliphatic rings. The second-order valence-electron chi connectivity index (χ2n) is 5.80. The van der Waals surface area contributed by atoms with Crippen LogP contribution in [0.3, 0.4) is 0 Å². The lowest BCUT2D eigenvalue weighted by Gasteiger charge is -2.34. The van der Waals surface area contributed by atoms with Crippen LogP contribution in [0.15, 0.2) is 47.1 Å². The number of ether oxygens (including phenoxy) is 1. The van der Waals surface area contributed by atoms with Gasteiger partial charge in [-0.05, 0) is 11.6 Å². The van der Waals surface area contributed by atoms with Crippen molar-refractivity contribution in [3.63, 3.8) is 0 Å². The van der Waals surface area contributed by atoms with Gasteiger partial charge in [-0.2, -0.15) is 0 Å². The highest BCUT2D eigenvalue weighted by Gasteiger charge is 2.21. The number of piperazine rings is 1. The van der Waals surface area contributed by atoms with Crippen molar-refractivity contribution in [1.82, 2.24) is 9.80 Å². The SMILES string of the molecule is COC(=O)c1occc1CN1CCN(Cc2ccccc2)CC1. The van der Waals surface area contributed by atoms with Gasteiger partial charge in [0, 0.05) is 44.8 Å². The number of nitrogens with zero attached hydrogens (tertiary/aromatic N) is 2. The van der Waals surface area contributed by atoms with E-state index in [2.05, 4.69) is 34.1 Å². The quantitative estimate of drug-likeness (QED) is 0.793. The van der Waals surface area contributed by atoms with Crippen LogP contribution in [0.5, 0.6) is 0 Å². The fraction of sp³-hybridized carbons (Fsp3) is 0.389. The Bertz CT molecular complexity index is 631. The molecule has 2 aromatic rings. The zero-order valence-corrected chi connectivity index (χ0v) is 13.4. The number of carbonyl (C=O) groups excluding carboxylic acids is 1. The monoisotopic (exact) mass is 314 g/mol. The predicted molar refractivity (Wildman–Crippen MR) is 87.0 cm³/mol. The van der Waals surface area contributed by atoms with Gasteiger partial charge >= 0.3 is 5.97 Å². The first-order valence-corrected chi connectivity index (χ1v) is 7.89. The van der Waals surface area contributed by atoms with E-state index in [-0.39, 0.29) is 0 Å². The Labute approximate surface area is 136 Å². The van der Waals surface area contributed by atoms with E-state index < -0.39 is 5.97 Å². The van der Waals surface area contributed by atoms with Gasteiger partial charge in [0.2, 0.25) is 5.76 Å². The van der Waals surface area contributed by atoms with Crippen LogP contribution in [0.4, 0.5) is 0 Å². The summed E-state index contributed by atoms with van der Waals surface area (Å²) in [7, 11) is 1.37. The molecule has 0 amide bonds. The van der Waals surface area contributed by atoms with E-state index in [4.69, 9.17) is 9.15 Å². The molecule has 1 aromatic heterocycles. The molecule has 2 heterocycles. The molecule has 0 aliphatic carbocycles. The number of methoxy groups -OCH3 is 1. The van der Waals surface area contributed by atoms with Crippen molar-refractivity contribution in [2.24, 2.45) is 0 Å². The van der Waals surface area contributed by atoms with Gasteiger partial charge in [0.15, 0.2) is 0 Å². The summed E-state index contributed by atoms with van der Waals surface area (Å²) < 4.78 is 10.00. The van der Waals surface area contributed by atoms with E-state index in [0.29, 0.717) is 5.76 Å². The average molecular weight is 314 g/mol. The van der Waals surface area contributed by atoms with Crippen molar-refractivity contribution in [2.45, 2.75) is 13.1 Å². The van der Waals surface area contributed by atoms with Gasteiger partial charge in [-0.15, -0.1) is 0 Å². The molecule has 0 spiro atoms. The minimum atomic E-state index is -0.410. The Morgan fingerprint density at radius 3 is 2.35 bits per heavy atom. The Hall–Kier alpha value is -2.11. The lowest BCUT2D eigenvalue weighted by atomic mass is 10.2. The summed E-state index contributed by atoms with van der Waals surface area (Å²) in [4.78, 5) is 16.5. The summed E-state index contributed by atoms with van der Waals surface area (Å²) in [5, 5.41) is 0. The van der Waals surface area contributed by atoms with Crippen LogP contribution in [-0.4, -0.2) is 49.1 Å². The molecule has 5 heteroatoms. The highest BCUT2D eigenvalue weighted by Crippen LogP contribution is 2.16. The number of hydrogen-bond acceptors (Lipinski definition) is 5. The normalized spacial score (nSPS) is 16.4. The number of esters is 1. The van der Waals surface area contributed by atoms with Gasteiger partial charge in [0.1, 0.15) is 0 Å². The third-order valence-electron chi connectivity index (χ3n) is 4.23. The lowest BCUT2D eigenvalue weighted by molar-refractivity contribution is 0.0559. The van der Waals surface area contributed by atoms with Gasteiger partial charge in [-0.25, -0.2) is 4.79 Å². The van der Waals surface area contributed by atoms with Crippen LogP contribution < -0.4 is 0 Å². The van der Waals surface area contributed by atoms with Crippen LogP contribution in [-0.2, 0) is 17.8 Å². The van der Waals surface area contributed by atoms with Gasteiger partial charge in [0.05, 0.1) is 13.4 Å². The zero-order chi connectivity index (χ0) is 16.1. The molecule has 23 heavy (non-hydrogen) atoms. The topological polar surface area (TPSA) is 45.9 Å². The summed E-state index contributed by atoms with van der Waals surface area (Å²) in [5.74, 6) is -0.0908. The molecule has 0 N–H and O–H groups in total. The van der Waals surface area contributed by atoms with Crippen molar-refractivity contribution in [1.29, 1.82) is 0 Å². The van der Waals surface area contributed by atoms with Crippen molar-refractivity contribution in [3.8, 4) is 0 Å². The van der Waals surface area contributed by atoms with Gasteiger partial charge in [-0.1, -0.05) is 30.3 Å². The van der Waals surface area contributed by atoms with E-state index in [1.54, 1.807) is 6.26 Å². The molecule has 5 nitrogen and oxygen atoms in total. The number of benzene rings is 1. The third-order valence-corrected chi connectivity index (χ3v) is 4.23. The molecular formula is C18H22N2O3. The minimum Gasteiger partial charge on any atom is -0.463 e. The number of hydrogen-bond donors (Lipinski definition) is 0. The van der Waals surface area contributed by atoms with Crippen LogP contribution in [0.2, 0.25) is 0 Å². The predicted octanol–water partition coefficient (Wildman–Crippen LogP) is 2.38. The maximum Gasteiger partial charge on any atom is 0.374 e. The van der Waals surface area contributed by atoms with E-state index in [1.165, 1.54) is 12.7 Å². The lowest BCUT2D eigenvalue weighted by Crippen LogP contribution is -2.45.